The molecule has 214 valence electrons. The van der Waals surface area contributed by atoms with Gasteiger partial charge in [-0.1, -0.05) is 152 Å². The van der Waals surface area contributed by atoms with Crippen molar-refractivity contribution in [2.75, 3.05) is 0 Å². The summed E-state index contributed by atoms with van der Waals surface area (Å²) in [5, 5.41) is 7.23. The van der Waals surface area contributed by atoms with E-state index in [1.165, 1.54) is 65.7 Å². The average Bonchev–Trinajstić information content (AvgIpc) is 3.67. The molecule has 8 aromatic carbocycles. The maximum atomic E-state index is 6.86. The van der Waals surface area contributed by atoms with E-state index in [2.05, 4.69) is 170 Å². The van der Waals surface area contributed by atoms with Crippen LogP contribution in [-0.4, -0.2) is 0 Å². The molecule has 46 heavy (non-hydrogen) atoms. The largest absolute Gasteiger partial charge is 0.455 e. The van der Waals surface area contributed by atoms with Gasteiger partial charge in [-0.3, -0.25) is 0 Å². The number of hydrogen-bond acceptors (Lipinski definition) is 1. The third kappa shape index (κ3) is 3.35. The Labute approximate surface area is 267 Å². The van der Waals surface area contributed by atoms with Crippen LogP contribution in [0.15, 0.2) is 174 Å². The first-order valence-electron chi connectivity index (χ1n) is 15.9. The van der Waals surface area contributed by atoms with Gasteiger partial charge in [0.25, 0.3) is 0 Å². The minimum atomic E-state index is -0.454. The molecule has 0 aliphatic heterocycles. The summed E-state index contributed by atoms with van der Waals surface area (Å²) in [5.74, 6) is 0. The molecule has 1 aliphatic carbocycles. The second-order valence-electron chi connectivity index (χ2n) is 12.4. The van der Waals surface area contributed by atoms with Crippen LogP contribution >= 0.6 is 0 Å². The van der Waals surface area contributed by atoms with E-state index in [9.17, 15) is 0 Å². The Bertz CT molecular complexity index is 2590. The third-order valence-corrected chi connectivity index (χ3v) is 10.1. The zero-order valence-electron chi connectivity index (χ0n) is 25.1. The summed E-state index contributed by atoms with van der Waals surface area (Å²) in [5.41, 5.74) is 11.4. The van der Waals surface area contributed by atoms with Crippen LogP contribution in [0.2, 0.25) is 0 Å². The molecule has 0 atom stereocenters. The lowest BCUT2D eigenvalue weighted by molar-refractivity contribution is 0.670. The Morgan fingerprint density at radius 1 is 0.391 bits per heavy atom. The van der Waals surface area contributed by atoms with E-state index in [1.807, 2.05) is 0 Å². The second kappa shape index (κ2) is 9.54. The number of benzene rings is 8. The van der Waals surface area contributed by atoms with Crippen LogP contribution < -0.4 is 0 Å². The van der Waals surface area contributed by atoms with Crippen molar-refractivity contribution in [3.05, 3.63) is 192 Å². The third-order valence-electron chi connectivity index (χ3n) is 10.1. The van der Waals surface area contributed by atoms with Crippen molar-refractivity contribution in [2.45, 2.75) is 5.41 Å². The second-order valence-corrected chi connectivity index (χ2v) is 12.4. The van der Waals surface area contributed by atoms with Gasteiger partial charge in [-0.25, -0.2) is 0 Å². The van der Waals surface area contributed by atoms with Gasteiger partial charge in [0.15, 0.2) is 0 Å². The SMILES string of the molecule is c1ccc(C2(c3ccccc3)c3ccccc3-c3ccc(-c4cc5ccccc5c5c4oc4ccc6ccccc6c45)cc32)cc1. The summed E-state index contributed by atoms with van der Waals surface area (Å²) in [4.78, 5) is 0. The van der Waals surface area contributed by atoms with Crippen LogP contribution in [-0.2, 0) is 5.41 Å². The fourth-order valence-corrected chi connectivity index (χ4v) is 8.21. The van der Waals surface area contributed by atoms with Gasteiger partial charge >= 0.3 is 0 Å². The van der Waals surface area contributed by atoms with Gasteiger partial charge < -0.3 is 4.42 Å². The van der Waals surface area contributed by atoms with Crippen molar-refractivity contribution in [1.29, 1.82) is 0 Å². The predicted octanol–water partition coefficient (Wildman–Crippen LogP) is 11.9. The zero-order chi connectivity index (χ0) is 30.2. The van der Waals surface area contributed by atoms with Gasteiger partial charge in [0, 0.05) is 16.3 Å². The van der Waals surface area contributed by atoms with Crippen LogP contribution in [0.1, 0.15) is 22.3 Å². The predicted molar refractivity (Wildman–Crippen MR) is 191 cm³/mol. The maximum absolute atomic E-state index is 6.86. The minimum Gasteiger partial charge on any atom is -0.455 e. The van der Waals surface area contributed by atoms with Crippen molar-refractivity contribution in [3.8, 4) is 22.3 Å². The van der Waals surface area contributed by atoms with Crippen molar-refractivity contribution in [3.63, 3.8) is 0 Å². The molecule has 0 spiro atoms. The first kappa shape index (κ1) is 25.4. The minimum absolute atomic E-state index is 0.454. The highest BCUT2D eigenvalue weighted by Gasteiger charge is 2.46. The van der Waals surface area contributed by atoms with Gasteiger partial charge in [0.1, 0.15) is 11.2 Å². The van der Waals surface area contributed by atoms with Crippen molar-refractivity contribution in [1.82, 2.24) is 0 Å². The lowest BCUT2D eigenvalue weighted by Crippen LogP contribution is -2.28. The highest BCUT2D eigenvalue weighted by molar-refractivity contribution is 6.28. The fraction of sp³-hybridized carbons (Fsp3) is 0.0222. The molecular formula is C45H28O. The normalized spacial score (nSPS) is 13.4. The van der Waals surface area contributed by atoms with Crippen LogP contribution in [0.5, 0.6) is 0 Å². The Balaban J connectivity index is 1.33. The van der Waals surface area contributed by atoms with E-state index in [0.29, 0.717) is 0 Å². The highest BCUT2D eigenvalue weighted by atomic mass is 16.3. The lowest BCUT2D eigenvalue weighted by Gasteiger charge is -2.34. The Kier molecular flexibility index (Phi) is 5.27. The Hall–Kier alpha value is -5.92. The summed E-state index contributed by atoms with van der Waals surface area (Å²) >= 11 is 0. The van der Waals surface area contributed by atoms with Gasteiger partial charge in [-0.05, 0) is 78.7 Å². The van der Waals surface area contributed by atoms with Crippen LogP contribution in [0.3, 0.4) is 0 Å². The van der Waals surface area contributed by atoms with E-state index in [4.69, 9.17) is 4.42 Å². The number of hydrogen-bond donors (Lipinski definition) is 0. The molecule has 0 fully saturated rings. The van der Waals surface area contributed by atoms with Gasteiger partial charge in [-0.15, -0.1) is 0 Å². The molecule has 10 rings (SSSR count). The number of rotatable bonds is 3. The molecule has 1 aromatic heterocycles. The Morgan fingerprint density at radius 3 is 1.76 bits per heavy atom. The van der Waals surface area contributed by atoms with Gasteiger partial charge in [0.2, 0.25) is 0 Å². The molecule has 0 N–H and O–H groups in total. The monoisotopic (exact) mass is 584 g/mol. The van der Waals surface area contributed by atoms with Crippen molar-refractivity contribution >= 4 is 43.5 Å². The molecule has 9 aromatic rings. The van der Waals surface area contributed by atoms with Crippen molar-refractivity contribution < 1.29 is 4.42 Å². The Morgan fingerprint density at radius 2 is 1.00 bits per heavy atom. The molecule has 0 amide bonds. The summed E-state index contributed by atoms with van der Waals surface area (Å²) in [6.07, 6.45) is 0. The molecule has 1 aliphatic rings. The van der Waals surface area contributed by atoms with Crippen LogP contribution in [0.4, 0.5) is 0 Å². The van der Waals surface area contributed by atoms with Crippen LogP contribution in [0.25, 0.3) is 65.7 Å². The molecule has 0 unspecified atom stereocenters. The molecule has 1 nitrogen and oxygen atoms in total. The maximum Gasteiger partial charge on any atom is 0.143 e. The first-order chi connectivity index (χ1) is 22.8. The zero-order valence-corrected chi connectivity index (χ0v) is 25.1. The quantitative estimate of drug-likeness (QED) is 0.201. The lowest BCUT2D eigenvalue weighted by atomic mass is 9.67. The number of furan rings is 1. The van der Waals surface area contributed by atoms with E-state index in [-0.39, 0.29) is 0 Å². The summed E-state index contributed by atoms with van der Waals surface area (Å²) in [7, 11) is 0. The molecular weight excluding hydrogens is 556 g/mol. The molecule has 0 saturated heterocycles. The van der Waals surface area contributed by atoms with E-state index >= 15 is 0 Å². The molecule has 0 saturated carbocycles. The fourth-order valence-electron chi connectivity index (χ4n) is 8.21. The summed E-state index contributed by atoms with van der Waals surface area (Å²) in [6, 6.07) is 61.9. The standard InChI is InChI=1S/C45H28O/c1-3-15-32(16-4-1)45(33-17-5-2-6-18-33)39-22-12-11-21-36(39)37-25-23-31(28-40(37)45)38-27-30-14-8-10-20-35(30)43-42-34-19-9-7-13-29(34)24-26-41(42)46-44(38)43/h1-28H. The molecule has 0 radical (unpaired) electrons. The van der Waals surface area contributed by atoms with Gasteiger partial charge in [0.05, 0.1) is 5.41 Å². The van der Waals surface area contributed by atoms with Crippen molar-refractivity contribution in [2.24, 2.45) is 0 Å². The average molecular weight is 585 g/mol. The van der Waals surface area contributed by atoms with Crippen LogP contribution in [0, 0.1) is 0 Å². The molecule has 1 heterocycles. The topological polar surface area (TPSA) is 13.1 Å². The first-order valence-corrected chi connectivity index (χ1v) is 15.9. The summed E-state index contributed by atoms with van der Waals surface area (Å²) < 4.78 is 6.86. The highest BCUT2D eigenvalue weighted by Crippen LogP contribution is 2.57. The van der Waals surface area contributed by atoms with Gasteiger partial charge in [-0.2, -0.15) is 0 Å². The number of fused-ring (bicyclic) bond motifs is 10. The molecule has 0 bridgehead atoms. The van der Waals surface area contributed by atoms with E-state index in [1.54, 1.807) is 0 Å². The summed E-state index contributed by atoms with van der Waals surface area (Å²) in [6.45, 7) is 0. The van der Waals surface area contributed by atoms with E-state index in [0.717, 1.165) is 22.3 Å². The smallest absolute Gasteiger partial charge is 0.143 e. The molecule has 1 heteroatoms. The van der Waals surface area contributed by atoms with E-state index < -0.39 is 5.41 Å².